The van der Waals surface area contributed by atoms with E-state index in [1.54, 1.807) is 4.57 Å². The highest BCUT2D eigenvalue weighted by molar-refractivity contribution is 5.91. The molecule has 5 rings (SSSR count). The number of nitrogens with one attached hydrogen (secondary N) is 1. The van der Waals surface area contributed by atoms with Crippen LogP contribution in [0.5, 0.6) is 0 Å². The number of fused-ring (bicyclic) bond motifs is 1. The molecule has 1 atom stereocenters. The summed E-state index contributed by atoms with van der Waals surface area (Å²) in [6, 6.07) is 16.7. The van der Waals surface area contributed by atoms with Crippen LogP contribution in [-0.2, 0) is 0 Å². The van der Waals surface area contributed by atoms with Crippen molar-refractivity contribution in [3.8, 4) is 11.8 Å². The van der Waals surface area contributed by atoms with Gasteiger partial charge in [0.1, 0.15) is 23.3 Å². The Labute approximate surface area is 208 Å². The highest BCUT2D eigenvalue weighted by atomic mass is 16.1. The van der Waals surface area contributed by atoms with Crippen LogP contribution >= 0.6 is 0 Å². The molecule has 0 radical (unpaired) electrons. The Kier molecular flexibility index (Phi) is 6.09. The number of benzene rings is 2. The van der Waals surface area contributed by atoms with Gasteiger partial charge in [-0.05, 0) is 61.9 Å². The van der Waals surface area contributed by atoms with E-state index in [1.807, 2.05) is 61.5 Å². The summed E-state index contributed by atoms with van der Waals surface area (Å²) in [6.07, 6.45) is 6.45. The molecule has 0 aliphatic heterocycles. The van der Waals surface area contributed by atoms with Gasteiger partial charge in [0.25, 0.3) is 5.56 Å². The van der Waals surface area contributed by atoms with Gasteiger partial charge in [-0.3, -0.25) is 9.36 Å². The second kappa shape index (κ2) is 9.50. The Morgan fingerprint density at radius 1 is 1.06 bits per heavy atom. The third-order valence-electron chi connectivity index (χ3n) is 6.38. The largest absolute Gasteiger partial charge is 0.382 e. The van der Waals surface area contributed by atoms with Gasteiger partial charge >= 0.3 is 0 Å². The number of nitrogens with two attached hydrogens (primary N) is 2. The van der Waals surface area contributed by atoms with E-state index in [1.165, 1.54) is 5.57 Å². The monoisotopic (exact) mass is 478 g/mol. The Morgan fingerprint density at radius 3 is 2.58 bits per heavy atom. The first-order valence-electron chi connectivity index (χ1n) is 11.9. The van der Waals surface area contributed by atoms with E-state index in [-0.39, 0.29) is 28.7 Å². The van der Waals surface area contributed by atoms with E-state index in [0.717, 1.165) is 31.2 Å². The van der Waals surface area contributed by atoms with Gasteiger partial charge in [-0.25, -0.2) is 4.98 Å². The summed E-state index contributed by atoms with van der Waals surface area (Å²) in [5, 5.41) is 13.3. The molecule has 9 heteroatoms. The van der Waals surface area contributed by atoms with E-state index in [0.29, 0.717) is 22.4 Å². The molecule has 0 amide bonds. The van der Waals surface area contributed by atoms with Gasteiger partial charge in [0.15, 0.2) is 5.82 Å². The van der Waals surface area contributed by atoms with Crippen molar-refractivity contribution in [3.05, 3.63) is 81.9 Å². The zero-order valence-corrected chi connectivity index (χ0v) is 19.9. The summed E-state index contributed by atoms with van der Waals surface area (Å²) >= 11 is 0. The molecule has 36 heavy (non-hydrogen) atoms. The molecule has 0 bridgehead atoms. The van der Waals surface area contributed by atoms with Crippen molar-refractivity contribution in [2.45, 2.75) is 38.6 Å². The summed E-state index contributed by atoms with van der Waals surface area (Å²) in [6.45, 7) is 1.84. The number of rotatable bonds is 5. The SMILES string of the molecule is C[C@H](Nc1nc(N)nc(N)c1C#N)c1nc2cccc(C3=CCCCC3)c2c(=O)n1-c1ccccc1. The minimum absolute atomic E-state index is 0.0166. The molecule has 0 saturated carbocycles. The Bertz CT molecular complexity index is 1580. The molecule has 4 aromatic rings. The van der Waals surface area contributed by atoms with Gasteiger partial charge in [0, 0.05) is 0 Å². The smallest absolute Gasteiger partial charge is 0.266 e. The van der Waals surface area contributed by atoms with Gasteiger partial charge in [0.05, 0.1) is 22.6 Å². The van der Waals surface area contributed by atoms with Gasteiger partial charge < -0.3 is 16.8 Å². The second-order valence-corrected chi connectivity index (χ2v) is 8.79. The van der Waals surface area contributed by atoms with Crippen LogP contribution in [0.3, 0.4) is 0 Å². The lowest BCUT2D eigenvalue weighted by atomic mass is 9.91. The van der Waals surface area contributed by atoms with Crippen molar-refractivity contribution in [2.24, 2.45) is 0 Å². The zero-order chi connectivity index (χ0) is 25.2. The predicted molar refractivity (Wildman–Crippen MR) is 141 cm³/mol. The van der Waals surface area contributed by atoms with E-state index in [2.05, 4.69) is 21.4 Å². The second-order valence-electron chi connectivity index (χ2n) is 8.79. The molecule has 0 spiro atoms. The third-order valence-corrected chi connectivity index (χ3v) is 6.38. The number of para-hydroxylation sites is 1. The van der Waals surface area contributed by atoms with Crippen molar-refractivity contribution >= 4 is 34.1 Å². The molecule has 9 nitrogen and oxygen atoms in total. The first-order valence-corrected chi connectivity index (χ1v) is 11.9. The van der Waals surface area contributed by atoms with Gasteiger partial charge in [-0.1, -0.05) is 36.4 Å². The molecule has 0 fully saturated rings. The van der Waals surface area contributed by atoms with E-state index in [9.17, 15) is 10.1 Å². The molecule has 5 N–H and O–H groups in total. The number of nitrogen functional groups attached to an aromatic ring is 2. The number of nitrogens with zero attached hydrogens (tertiary/aromatic N) is 5. The highest BCUT2D eigenvalue weighted by Crippen LogP contribution is 2.31. The zero-order valence-electron chi connectivity index (χ0n) is 19.9. The maximum Gasteiger partial charge on any atom is 0.266 e. The molecule has 0 unspecified atom stereocenters. The molecule has 1 aliphatic rings. The van der Waals surface area contributed by atoms with Crippen LogP contribution in [0.1, 0.15) is 55.6 Å². The molecule has 0 saturated heterocycles. The molecule has 1 aliphatic carbocycles. The van der Waals surface area contributed by atoms with Crippen LogP contribution < -0.4 is 22.3 Å². The standard InChI is InChI=1S/C27H26N8O/c1-16(31-24-20(15-28)23(29)33-27(30)34-24)25-32-21-14-8-13-19(17-9-4-2-5-10-17)22(21)26(36)35(25)18-11-6-3-7-12-18/h3,6-9,11-14,16H,2,4-5,10H2,1H3,(H5,29,30,31,33,34)/t16-/m0/s1. The van der Waals surface area contributed by atoms with Crippen molar-refractivity contribution < 1.29 is 0 Å². The Hall–Kier alpha value is -4.71. The number of nitriles is 1. The Balaban J connectivity index is 1.72. The summed E-state index contributed by atoms with van der Waals surface area (Å²) in [5.41, 5.74) is 15.0. The third kappa shape index (κ3) is 4.14. The number of hydrogen-bond donors (Lipinski definition) is 3. The molecule has 2 aromatic heterocycles. The maximum absolute atomic E-state index is 14.2. The summed E-state index contributed by atoms with van der Waals surface area (Å²) in [5.74, 6) is 0.578. The lowest BCUT2D eigenvalue weighted by Gasteiger charge is -2.22. The average molecular weight is 479 g/mol. The van der Waals surface area contributed by atoms with Crippen molar-refractivity contribution in [2.75, 3.05) is 16.8 Å². The fraction of sp³-hybridized carbons (Fsp3) is 0.222. The summed E-state index contributed by atoms with van der Waals surface area (Å²) in [4.78, 5) is 27.1. The van der Waals surface area contributed by atoms with Gasteiger partial charge in [-0.2, -0.15) is 15.2 Å². The minimum atomic E-state index is -0.527. The van der Waals surface area contributed by atoms with E-state index < -0.39 is 6.04 Å². The van der Waals surface area contributed by atoms with Crippen LogP contribution in [0.15, 0.2) is 59.4 Å². The normalized spacial score (nSPS) is 14.2. The minimum Gasteiger partial charge on any atom is -0.382 e. The number of anilines is 3. The lowest BCUT2D eigenvalue weighted by molar-refractivity contribution is 0.729. The summed E-state index contributed by atoms with van der Waals surface area (Å²) in [7, 11) is 0. The lowest BCUT2D eigenvalue weighted by Crippen LogP contribution is -2.28. The summed E-state index contributed by atoms with van der Waals surface area (Å²) < 4.78 is 1.62. The number of aromatic nitrogens is 4. The van der Waals surface area contributed by atoms with Gasteiger partial charge in [-0.15, -0.1) is 0 Å². The van der Waals surface area contributed by atoms with E-state index in [4.69, 9.17) is 16.5 Å². The fourth-order valence-electron chi connectivity index (χ4n) is 4.70. The van der Waals surface area contributed by atoms with Crippen molar-refractivity contribution in [1.82, 2.24) is 19.5 Å². The highest BCUT2D eigenvalue weighted by Gasteiger charge is 2.23. The van der Waals surface area contributed by atoms with E-state index >= 15 is 0 Å². The molecule has 2 heterocycles. The topological polar surface area (TPSA) is 149 Å². The number of allylic oxidation sites excluding steroid dienone is 2. The van der Waals surface area contributed by atoms with Crippen molar-refractivity contribution in [1.29, 1.82) is 5.26 Å². The van der Waals surface area contributed by atoms with Crippen molar-refractivity contribution in [3.63, 3.8) is 0 Å². The molecule has 2 aromatic carbocycles. The predicted octanol–water partition coefficient (Wildman–Crippen LogP) is 4.34. The van der Waals surface area contributed by atoms with Crippen LogP contribution in [0, 0.1) is 11.3 Å². The van der Waals surface area contributed by atoms with Crippen LogP contribution in [0.2, 0.25) is 0 Å². The first-order chi connectivity index (χ1) is 17.5. The molecule has 180 valence electrons. The van der Waals surface area contributed by atoms with Crippen LogP contribution in [-0.4, -0.2) is 19.5 Å². The van der Waals surface area contributed by atoms with Gasteiger partial charge in [0.2, 0.25) is 5.95 Å². The van der Waals surface area contributed by atoms with Crippen LogP contribution in [0.4, 0.5) is 17.6 Å². The van der Waals surface area contributed by atoms with Crippen LogP contribution in [0.25, 0.3) is 22.2 Å². The molecular weight excluding hydrogens is 452 g/mol. The number of hydrogen-bond acceptors (Lipinski definition) is 8. The fourth-order valence-corrected chi connectivity index (χ4v) is 4.70. The average Bonchev–Trinajstić information content (AvgIpc) is 2.89. The Morgan fingerprint density at radius 2 is 1.86 bits per heavy atom. The maximum atomic E-state index is 14.2. The first kappa shape index (κ1) is 23.1. The molecular formula is C27H26N8O. The quantitative estimate of drug-likeness (QED) is 0.383.